The van der Waals surface area contributed by atoms with Gasteiger partial charge in [-0.05, 0) is 49.5 Å². The molecule has 0 radical (unpaired) electrons. The van der Waals surface area contributed by atoms with Gasteiger partial charge in [-0.25, -0.2) is 0 Å². The lowest BCUT2D eigenvalue weighted by Gasteiger charge is -2.38. The first-order valence-electron chi connectivity index (χ1n) is 9.39. The minimum Gasteiger partial charge on any atom is -0.494 e. The van der Waals surface area contributed by atoms with Crippen molar-refractivity contribution in [3.63, 3.8) is 0 Å². The second-order valence-corrected chi connectivity index (χ2v) is 13.5. The highest BCUT2D eigenvalue weighted by molar-refractivity contribution is 6.74. The van der Waals surface area contributed by atoms with Crippen LogP contribution in [-0.2, 0) is 4.43 Å². The highest BCUT2D eigenvalue weighted by atomic mass is 28.4. The predicted octanol–water partition coefficient (Wildman–Crippen LogP) is 5.32. The van der Waals surface area contributed by atoms with Crippen molar-refractivity contribution in [3.8, 4) is 5.75 Å². The monoisotopic (exact) mass is 362 g/mol. The van der Waals surface area contributed by atoms with E-state index in [0.717, 1.165) is 25.0 Å². The van der Waals surface area contributed by atoms with E-state index >= 15 is 0 Å². The summed E-state index contributed by atoms with van der Waals surface area (Å²) in [5.41, 5.74) is -0.722. The first-order chi connectivity index (χ1) is 11.6. The fraction of sp³-hybridized carbons (Fsp3) is 0.619. The Morgan fingerprint density at radius 2 is 1.84 bits per heavy atom. The highest BCUT2D eigenvalue weighted by Crippen LogP contribution is 2.40. The zero-order valence-corrected chi connectivity index (χ0v) is 17.4. The largest absolute Gasteiger partial charge is 0.494 e. The highest BCUT2D eigenvalue weighted by Gasteiger charge is 2.41. The Bertz CT molecular complexity index is 562. The molecular weight excluding hydrogens is 328 g/mol. The van der Waals surface area contributed by atoms with Gasteiger partial charge in [0.2, 0.25) is 0 Å². The van der Waals surface area contributed by atoms with Crippen molar-refractivity contribution in [3.05, 3.63) is 42.5 Å². The molecule has 0 aliphatic heterocycles. The lowest BCUT2D eigenvalue weighted by atomic mass is 9.96. The van der Waals surface area contributed by atoms with Crippen LogP contribution < -0.4 is 4.74 Å². The van der Waals surface area contributed by atoms with Crippen molar-refractivity contribution in [2.24, 2.45) is 0 Å². The Kier molecular flexibility index (Phi) is 6.52. The molecule has 1 N–H and O–H groups in total. The Hall–Kier alpha value is -1.10. The van der Waals surface area contributed by atoms with Gasteiger partial charge < -0.3 is 14.3 Å². The lowest BCUT2D eigenvalue weighted by Crippen LogP contribution is -2.44. The zero-order valence-electron chi connectivity index (χ0n) is 16.4. The van der Waals surface area contributed by atoms with Gasteiger partial charge in [-0.1, -0.05) is 51.1 Å². The average Bonchev–Trinajstić information content (AvgIpc) is 2.87. The summed E-state index contributed by atoms with van der Waals surface area (Å²) >= 11 is 0. The van der Waals surface area contributed by atoms with E-state index in [1.54, 1.807) is 0 Å². The zero-order chi connectivity index (χ0) is 18.6. The van der Waals surface area contributed by atoms with Gasteiger partial charge in [0, 0.05) is 6.42 Å². The van der Waals surface area contributed by atoms with Gasteiger partial charge >= 0.3 is 0 Å². The number of aliphatic hydroxyl groups is 1. The average molecular weight is 363 g/mol. The third kappa shape index (κ3) is 5.98. The van der Waals surface area contributed by atoms with E-state index in [0.29, 0.717) is 13.0 Å². The van der Waals surface area contributed by atoms with Gasteiger partial charge in [0.25, 0.3) is 0 Å². The summed E-state index contributed by atoms with van der Waals surface area (Å²) in [5.74, 6) is 0.907. The summed E-state index contributed by atoms with van der Waals surface area (Å²) in [4.78, 5) is 0. The van der Waals surface area contributed by atoms with Gasteiger partial charge in [-0.15, -0.1) is 0 Å². The van der Waals surface area contributed by atoms with Crippen LogP contribution in [0.1, 0.15) is 46.5 Å². The van der Waals surface area contributed by atoms with E-state index in [9.17, 15) is 5.11 Å². The molecule has 4 heteroatoms. The summed E-state index contributed by atoms with van der Waals surface area (Å²) in [7, 11) is -1.80. The first kappa shape index (κ1) is 20.2. The summed E-state index contributed by atoms with van der Waals surface area (Å²) in [6, 6.07) is 9.87. The number of rotatable bonds is 8. The molecule has 0 unspecified atom stereocenters. The van der Waals surface area contributed by atoms with Crippen LogP contribution in [0.5, 0.6) is 5.75 Å². The van der Waals surface area contributed by atoms with Crippen molar-refractivity contribution in [2.75, 3.05) is 6.61 Å². The minimum absolute atomic E-state index is 0.0476. The van der Waals surface area contributed by atoms with Gasteiger partial charge in [-0.3, -0.25) is 0 Å². The van der Waals surface area contributed by atoms with Crippen molar-refractivity contribution in [1.29, 1.82) is 0 Å². The summed E-state index contributed by atoms with van der Waals surface area (Å²) < 4.78 is 12.1. The molecule has 2 atom stereocenters. The van der Waals surface area contributed by atoms with Gasteiger partial charge in [0.05, 0.1) is 18.3 Å². The SMILES string of the molecule is CC(C)(C)[Si](C)(C)O[C@@H]1C=C[C@@](O)(CCCCOc2ccccc2)C1. The second-order valence-electron chi connectivity index (χ2n) is 8.70. The number of para-hydroxylation sites is 1. The summed E-state index contributed by atoms with van der Waals surface area (Å²) in [6.07, 6.45) is 7.38. The molecule has 1 aromatic carbocycles. The smallest absolute Gasteiger partial charge is 0.192 e. The van der Waals surface area contributed by atoms with Gasteiger partial charge in [0.1, 0.15) is 5.75 Å². The molecule has 0 saturated carbocycles. The van der Waals surface area contributed by atoms with Crippen molar-refractivity contribution < 1.29 is 14.3 Å². The standard InChI is InChI=1S/C21H34O3Si/c1-20(2,3)25(4,5)24-19-13-15-21(22,17-19)14-9-10-16-23-18-11-7-6-8-12-18/h6-8,11-13,15,19,22H,9-10,14,16-17H2,1-5H3/t19-,21+/m1/s1. The van der Waals surface area contributed by atoms with Crippen LogP contribution in [0.3, 0.4) is 0 Å². The van der Waals surface area contributed by atoms with Crippen LogP contribution in [0, 0.1) is 0 Å². The number of ether oxygens (including phenoxy) is 1. The Labute approximate surface area is 154 Å². The molecule has 1 aromatic rings. The molecule has 0 saturated heterocycles. The third-order valence-electron chi connectivity index (χ3n) is 5.44. The molecule has 0 heterocycles. The third-order valence-corrected chi connectivity index (χ3v) is 9.95. The van der Waals surface area contributed by atoms with Crippen LogP contribution in [0.15, 0.2) is 42.5 Å². The van der Waals surface area contributed by atoms with Crippen LogP contribution in [0.4, 0.5) is 0 Å². The molecule has 0 spiro atoms. The number of hydrogen-bond donors (Lipinski definition) is 1. The maximum Gasteiger partial charge on any atom is 0.192 e. The van der Waals surface area contributed by atoms with E-state index in [1.165, 1.54) is 0 Å². The predicted molar refractivity (Wildman–Crippen MR) is 107 cm³/mol. The van der Waals surface area contributed by atoms with Crippen molar-refractivity contribution >= 4 is 8.32 Å². The van der Waals surface area contributed by atoms with E-state index < -0.39 is 13.9 Å². The van der Waals surface area contributed by atoms with Crippen LogP contribution in [0.25, 0.3) is 0 Å². The second kappa shape index (κ2) is 8.06. The molecule has 1 aliphatic carbocycles. The van der Waals surface area contributed by atoms with Crippen molar-refractivity contribution in [1.82, 2.24) is 0 Å². The molecule has 3 nitrogen and oxygen atoms in total. The molecule has 2 rings (SSSR count). The molecular formula is C21H34O3Si. The summed E-state index contributed by atoms with van der Waals surface area (Å²) in [6.45, 7) is 12.0. The Morgan fingerprint density at radius 1 is 1.16 bits per heavy atom. The fourth-order valence-corrected chi connectivity index (χ4v) is 4.10. The van der Waals surface area contributed by atoms with E-state index in [2.05, 4.69) is 39.9 Å². The molecule has 25 heavy (non-hydrogen) atoms. The lowest BCUT2D eigenvalue weighted by molar-refractivity contribution is 0.0500. The number of unbranched alkanes of at least 4 members (excludes halogenated alkanes) is 1. The van der Waals surface area contributed by atoms with Gasteiger partial charge in [0.15, 0.2) is 8.32 Å². The van der Waals surface area contributed by atoms with E-state index in [1.807, 2.05) is 36.4 Å². The first-order valence-corrected chi connectivity index (χ1v) is 12.3. The normalized spacial score (nSPS) is 23.8. The Balaban J connectivity index is 1.70. The van der Waals surface area contributed by atoms with Crippen LogP contribution in [0.2, 0.25) is 18.1 Å². The maximum atomic E-state index is 10.8. The molecule has 0 amide bonds. The fourth-order valence-electron chi connectivity index (χ4n) is 2.83. The van der Waals surface area contributed by atoms with E-state index in [-0.39, 0.29) is 11.1 Å². The molecule has 0 bridgehead atoms. The molecule has 1 aliphatic rings. The number of hydrogen-bond acceptors (Lipinski definition) is 3. The minimum atomic E-state index is -1.80. The van der Waals surface area contributed by atoms with E-state index in [4.69, 9.17) is 9.16 Å². The summed E-state index contributed by atoms with van der Waals surface area (Å²) in [5, 5.41) is 11.0. The quantitative estimate of drug-likeness (QED) is 0.386. The van der Waals surface area contributed by atoms with Crippen LogP contribution in [-0.4, -0.2) is 31.7 Å². The topological polar surface area (TPSA) is 38.7 Å². The van der Waals surface area contributed by atoms with Crippen LogP contribution >= 0.6 is 0 Å². The van der Waals surface area contributed by atoms with Crippen molar-refractivity contribution in [2.45, 2.75) is 76.3 Å². The molecule has 140 valence electrons. The maximum absolute atomic E-state index is 10.8. The van der Waals surface area contributed by atoms with Gasteiger partial charge in [-0.2, -0.15) is 0 Å². The molecule has 0 aromatic heterocycles. The number of benzene rings is 1. The Morgan fingerprint density at radius 3 is 2.48 bits per heavy atom. The molecule has 0 fully saturated rings.